The number of alkyl halides is 3. The third-order valence-electron chi connectivity index (χ3n) is 3.30. The van der Waals surface area contributed by atoms with Crippen LogP contribution < -0.4 is 15.8 Å². The van der Waals surface area contributed by atoms with E-state index in [9.17, 15) is 13.2 Å². The van der Waals surface area contributed by atoms with Crippen LogP contribution in [0.2, 0.25) is 0 Å². The SMILES string of the molecule is CC(C)(C)c1cnc(CNC(N)=NCc2ccc(OC(F)(F)F)cc2)o1.I. The molecule has 1 aromatic carbocycles. The fourth-order valence-electron chi connectivity index (χ4n) is 1.93. The van der Waals surface area contributed by atoms with Gasteiger partial charge in [0, 0.05) is 5.41 Å². The molecule has 1 heterocycles. The van der Waals surface area contributed by atoms with Crippen LogP contribution in [0, 0.1) is 0 Å². The van der Waals surface area contributed by atoms with Crippen molar-refractivity contribution in [2.45, 2.75) is 45.6 Å². The summed E-state index contributed by atoms with van der Waals surface area (Å²) in [6.07, 6.45) is -3.03. The minimum Gasteiger partial charge on any atom is -0.443 e. The minimum absolute atomic E-state index is 0. The summed E-state index contributed by atoms with van der Waals surface area (Å²) >= 11 is 0. The molecule has 2 aromatic rings. The summed E-state index contributed by atoms with van der Waals surface area (Å²) in [6.45, 7) is 6.55. The number of aliphatic imine (C=N–C) groups is 1. The Kier molecular flexibility index (Phi) is 7.93. The normalized spacial score (nSPS) is 12.4. The molecule has 150 valence electrons. The fourth-order valence-corrected chi connectivity index (χ4v) is 1.93. The minimum atomic E-state index is -4.71. The summed E-state index contributed by atoms with van der Waals surface area (Å²) in [4.78, 5) is 8.29. The molecule has 0 unspecified atom stereocenters. The molecule has 6 nitrogen and oxygen atoms in total. The maximum Gasteiger partial charge on any atom is 0.573 e. The molecular weight excluding hydrogens is 476 g/mol. The number of hydrogen-bond donors (Lipinski definition) is 2. The molecule has 0 aliphatic rings. The van der Waals surface area contributed by atoms with Crippen molar-refractivity contribution in [2.75, 3.05) is 0 Å². The highest BCUT2D eigenvalue weighted by Crippen LogP contribution is 2.23. The molecule has 0 radical (unpaired) electrons. The molecule has 0 spiro atoms. The quantitative estimate of drug-likeness (QED) is 0.369. The average molecular weight is 498 g/mol. The summed E-state index contributed by atoms with van der Waals surface area (Å²) in [5, 5.41) is 2.87. The fraction of sp³-hybridized carbons (Fsp3) is 0.412. The van der Waals surface area contributed by atoms with Gasteiger partial charge in [-0.25, -0.2) is 9.98 Å². The van der Waals surface area contributed by atoms with Crippen LogP contribution in [0.4, 0.5) is 13.2 Å². The molecule has 0 saturated carbocycles. The lowest BCUT2D eigenvalue weighted by molar-refractivity contribution is -0.274. The van der Waals surface area contributed by atoms with Crippen molar-refractivity contribution in [3.63, 3.8) is 0 Å². The standard InChI is InChI=1S/C17H21F3N4O2.HI/c1-16(2,3)13-9-22-14(25-13)10-24-15(21)23-8-11-4-6-12(7-5-11)26-17(18,19)20;/h4-7,9H,8,10H2,1-3H3,(H3,21,23,24);1H. The molecule has 3 N–H and O–H groups in total. The van der Waals surface area contributed by atoms with Gasteiger partial charge in [-0.15, -0.1) is 37.1 Å². The van der Waals surface area contributed by atoms with Crippen LogP contribution in [0.15, 0.2) is 39.9 Å². The summed E-state index contributed by atoms with van der Waals surface area (Å²) in [6, 6.07) is 5.43. The first-order valence-corrected chi connectivity index (χ1v) is 7.86. The van der Waals surface area contributed by atoms with E-state index < -0.39 is 6.36 Å². The number of rotatable bonds is 5. The second-order valence-electron chi connectivity index (χ2n) is 6.62. The molecule has 0 bridgehead atoms. The third kappa shape index (κ3) is 8.06. The van der Waals surface area contributed by atoms with Crippen molar-refractivity contribution in [1.82, 2.24) is 10.3 Å². The molecule has 0 fully saturated rings. The van der Waals surface area contributed by atoms with E-state index >= 15 is 0 Å². The molecule has 0 amide bonds. The van der Waals surface area contributed by atoms with Gasteiger partial charge >= 0.3 is 6.36 Å². The molecule has 0 aliphatic heterocycles. The van der Waals surface area contributed by atoms with E-state index in [4.69, 9.17) is 10.2 Å². The van der Waals surface area contributed by atoms with Crippen molar-refractivity contribution < 1.29 is 22.3 Å². The van der Waals surface area contributed by atoms with E-state index in [0.717, 1.165) is 5.76 Å². The monoisotopic (exact) mass is 498 g/mol. The van der Waals surface area contributed by atoms with Crippen molar-refractivity contribution in [3.8, 4) is 5.75 Å². The number of oxazole rings is 1. The molecule has 2 rings (SSSR count). The largest absolute Gasteiger partial charge is 0.573 e. The molecule has 0 aliphatic carbocycles. The number of guanidine groups is 1. The van der Waals surface area contributed by atoms with Crippen LogP contribution in [-0.4, -0.2) is 17.3 Å². The first-order valence-electron chi connectivity index (χ1n) is 7.86. The highest BCUT2D eigenvalue weighted by Gasteiger charge is 2.30. The zero-order valence-electron chi connectivity index (χ0n) is 15.1. The third-order valence-corrected chi connectivity index (χ3v) is 3.30. The number of benzene rings is 1. The molecule has 0 atom stereocenters. The first-order chi connectivity index (χ1) is 12.0. The van der Waals surface area contributed by atoms with E-state index in [-0.39, 0.29) is 54.2 Å². The Bertz CT molecular complexity index is 753. The van der Waals surface area contributed by atoms with Crippen LogP contribution in [-0.2, 0) is 18.5 Å². The predicted octanol–water partition coefficient (Wildman–Crippen LogP) is 4.09. The molecule has 0 saturated heterocycles. The summed E-state index contributed by atoms with van der Waals surface area (Å²) in [5.41, 5.74) is 6.33. The Labute approximate surface area is 172 Å². The maximum absolute atomic E-state index is 12.1. The van der Waals surface area contributed by atoms with E-state index in [2.05, 4.69) is 20.0 Å². The lowest BCUT2D eigenvalue weighted by Gasteiger charge is -2.13. The second-order valence-corrected chi connectivity index (χ2v) is 6.62. The number of nitrogens with two attached hydrogens (primary N) is 1. The summed E-state index contributed by atoms with van der Waals surface area (Å²) in [5.74, 6) is 1.15. The zero-order chi connectivity index (χ0) is 19.4. The molecule has 1 aromatic heterocycles. The van der Waals surface area contributed by atoms with Gasteiger partial charge in [0.25, 0.3) is 0 Å². The first kappa shape index (κ1) is 23.1. The predicted molar refractivity (Wildman–Crippen MR) is 106 cm³/mol. The van der Waals surface area contributed by atoms with Crippen LogP contribution in [0.5, 0.6) is 5.75 Å². The molecule has 10 heteroatoms. The van der Waals surface area contributed by atoms with Crippen molar-refractivity contribution in [2.24, 2.45) is 10.7 Å². The van der Waals surface area contributed by atoms with E-state index in [0.29, 0.717) is 11.5 Å². The van der Waals surface area contributed by atoms with Crippen molar-refractivity contribution >= 4 is 29.9 Å². The number of nitrogens with one attached hydrogen (secondary N) is 1. The van der Waals surface area contributed by atoms with Crippen LogP contribution in [0.25, 0.3) is 0 Å². The molecule has 27 heavy (non-hydrogen) atoms. The van der Waals surface area contributed by atoms with Gasteiger partial charge in [0.15, 0.2) is 5.96 Å². The highest BCUT2D eigenvalue weighted by molar-refractivity contribution is 14.0. The topological polar surface area (TPSA) is 85.7 Å². The number of nitrogens with zero attached hydrogens (tertiary/aromatic N) is 2. The van der Waals surface area contributed by atoms with Crippen LogP contribution in [0.1, 0.15) is 38.0 Å². The number of hydrogen-bond acceptors (Lipinski definition) is 4. The van der Waals surface area contributed by atoms with E-state index in [1.807, 2.05) is 20.8 Å². The Balaban J connectivity index is 0.00000364. The van der Waals surface area contributed by atoms with Gasteiger partial charge in [0.1, 0.15) is 11.5 Å². The number of aromatic nitrogens is 1. The summed E-state index contributed by atoms with van der Waals surface area (Å²) in [7, 11) is 0. The number of halogens is 4. The lowest BCUT2D eigenvalue weighted by atomic mass is 9.94. The smallest absolute Gasteiger partial charge is 0.443 e. The Morgan fingerprint density at radius 3 is 2.37 bits per heavy atom. The zero-order valence-corrected chi connectivity index (χ0v) is 17.5. The Morgan fingerprint density at radius 2 is 1.85 bits per heavy atom. The van der Waals surface area contributed by atoms with Gasteiger partial charge in [-0.1, -0.05) is 32.9 Å². The Morgan fingerprint density at radius 1 is 1.22 bits per heavy atom. The second kappa shape index (κ2) is 9.29. The van der Waals surface area contributed by atoms with Gasteiger partial charge < -0.3 is 20.2 Å². The van der Waals surface area contributed by atoms with Gasteiger partial charge in [-0.05, 0) is 17.7 Å². The van der Waals surface area contributed by atoms with Crippen molar-refractivity contribution in [3.05, 3.63) is 47.7 Å². The Hall–Kier alpha value is -1.98. The average Bonchev–Trinajstić information content (AvgIpc) is 3.00. The van der Waals surface area contributed by atoms with Gasteiger partial charge in [-0.2, -0.15) is 0 Å². The highest BCUT2D eigenvalue weighted by atomic mass is 127. The van der Waals surface area contributed by atoms with E-state index in [1.165, 1.54) is 24.3 Å². The van der Waals surface area contributed by atoms with Crippen molar-refractivity contribution in [1.29, 1.82) is 0 Å². The van der Waals surface area contributed by atoms with Crippen LogP contribution in [0.3, 0.4) is 0 Å². The maximum atomic E-state index is 12.1. The van der Waals surface area contributed by atoms with Gasteiger partial charge in [0.05, 0.1) is 19.3 Å². The van der Waals surface area contributed by atoms with E-state index in [1.54, 1.807) is 6.20 Å². The van der Waals surface area contributed by atoms with Gasteiger partial charge in [0.2, 0.25) is 5.89 Å². The van der Waals surface area contributed by atoms with Gasteiger partial charge in [-0.3, -0.25) is 0 Å². The number of ether oxygens (including phenoxy) is 1. The lowest BCUT2D eigenvalue weighted by Crippen LogP contribution is -2.31. The molecular formula is C17H22F3IN4O2. The van der Waals surface area contributed by atoms with Crippen LogP contribution >= 0.6 is 24.0 Å². The summed E-state index contributed by atoms with van der Waals surface area (Å²) < 4.78 is 45.7.